The first-order valence-electron chi connectivity index (χ1n) is 6.16. The SMILES string of the molecule is Cc1ccc(C(=O)Nc2ccc(C(F)(F)F)cc2Br)c(O)c1. The zero-order valence-electron chi connectivity index (χ0n) is 11.3. The maximum Gasteiger partial charge on any atom is 0.416 e. The van der Waals surface area contributed by atoms with Gasteiger partial charge in [0.05, 0.1) is 16.8 Å². The van der Waals surface area contributed by atoms with E-state index in [9.17, 15) is 23.1 Å². The molecule has 0 atom stereocenters. The summed E-state index contributed by atoms with van der Waals surface area (Å²) < 4.78 is 37.8. The molecule has 1 amide bonds. The van der Waals surface area contributed by atoms with Crippen LogP contribution in [0.1, 0.15) is 21.5 Å². The molecule has 0 heterocycles. The van der Waals surface area contributed by atoms with Crippen molar-refractivity contribution in [2.45, 2.75) is 13.1 Å². The summed E-state index contributed by atoms with van der Waals surface area (Å²) in [5.41, 5.74) is 0.177. The third-order valence-electron chi connectivity index (χ3n) is 2.94. The van der Waals surface area contributed by atoms with Crippen molar-refractivity contribution in [3.05, 3.63) is 57.6 Å². The lowest BCUT2D eigenvalue weighted by atomic mass is 10.1. The van der Waals surface area contributed by atoms with E-state index in [-0.39, 0.29) is 21.5 Å². The van der Waals surface area contributed by atoms with Gasteiger partial charge < -0.3 is 10.4 Å². The second-order valence-corrected chi connectivity index (χ2v) is 5.52. The largest absolute Gasteiger partial charge is 0.507 e. The number of phenols is 1. The molecule has 0 aliphatic heterocycles. The van der Waals surface area contributed by atoms with Crippen molar-refractivity contribution in [2.24, 2.45) is 0 Å². The zero-order chi connectivity index (χ0) is 16.5. The molecule has 2 aromatic carbocycles. The van der Waals surface area contributed by atoms with Gasteiger partial charge in [-0.1, -0.05) is 6.07 Å². The molecule has 0 saturated carbocycles. The summed E-state index contributed by atoms with van der Waals surface area (Å²) in [5, 5.41) is 12.2. The number of nitrogens with one attached hydrogen (secondary N) is 1. The van der Waals surface area contributed by atoms with Crippen LogP contribution in [-0.4, -0.2) is 11.0 Å². The molecule has 2 N–H and O–H groups in total. The highest BCUT2D eigenvalue weighted by Crippen LogP contribution is 2.34. The number of amides is 1. The molecule has 0 unspecified atom stereocenters. The Morgan fingerprint density at radius 2 is 1.86 bits per heavy atom. The van der Waals surface area contributed by atoms with Crippen molar-refractivity contribution >= 4 is 27.5 Å². The number of aromatic hydroxyl groups is 1. The highest BCUT2D eigenvalue weighted by atomic mass is 79.9. The molecule has 0 spiro atoms. The summed E-state index contributed by atoms with van der Waals surface area (Å²) >= 11 is 2.99. The van der Waals surface area contributed by atoms with Crippen molar-refractivity contribution in [3.63, 3.8) is 0 Å². The normalized spacial score (nSPS) is 11.3. The van der Waals surface area contributed by atoms with E-state index < -0.39 is 17.6 Å². The van der Waals surface area contributed by atoms with Gasteiger partial charge in [0.25, 0.3) is 5.91 Å². The fraction of sp³-hybridized carbons (Fsp3) is 0.133. The maximum atomic E-state index is 12.6. The van der Waals surface area contributed by atoms with E-state index in [1.54, 1.807) is 13.0 Å². The number of hydrogen-bond donors (Lipinski definition) is 2. The second kappa shape index (κ2) is 6.00. The summed E-state index contributed by atoms with van der Waals surface area (Å²) in [6.07, 6.45) is -4.46. The number of hydrogen-bond acceptors (Lipinski definition) is 2. The van der Waals surface area contributed by atoms with E-state index in [4.69, 9.17) is 0 Å². The van der Waals surface area contributed by atoms with Gasteiger partial charge in [-0.2, -0.15) is 13.2 Å². The second-order valence-electron chi connectivity index (χ2n) is 4.67. The monoisotopic (exact) mass is 373 g/mol. The first-order valence-corrected chi connectivity index (χ1v) is 6.95. The predicted octanol–water partition coefficient (Wildman–Crippen LogP) is 4.73. The lowest BCUT2D eigenvalue weighted by molar-refractivity contribution is -0.137. The van der Waals surface area contributed by atoms with Crippen LogP contribution in [0.2, 0.25) is 0 Å². The summed E-state index contributed by atoms with van der Waals surface area (Å²) in [6.45, 7) is 1.76. The van der Waals surface area contributed by atoms with Gasteiger partial charge in [-0.25, -0.2) is 0 Å². The van der Waals surface area contributed by atoms with Crippen LogP contribution >= 0.6 is 15.9 Å². The van der Waals surface area contributed by atoms with Gasteiger partial charge in [-0.05, 0) is 58.7 Å². The van der Waals surface area contributed by atoms with E-state index in [1.165, 1.54) is 12.1 Å². The zero-order valence-corrected chi connectivity index (χ0v) is 12.9. The smallest absolute Gasteiger partial charge is 0.416 e. The van der Waals surface area contributed by atoms with Gasteiger partial charge in [0, 0.05) is 4.47 Å². The summed E-state index contributed by atoms with van der Waals surface area (Å²) in [5.74, 6) is -0.807. The first kappa shape index (κ1) is 16.4. The molecule has 0 aliphatic carbocycles. The number of carbonyl (C=O) groups is 1. The number of halogens is 4. The molecular weight excluding hydrogens is 363 g/mol. The van der Waals surface area contributed by atoms with Gasteiger partial charge in [-0.3, -0.25) is 4.79 Å². The minimum Gasteiger partial charge on any atom is -0.507 e. The number of benzene rings is 2. The molecule has 3 nitrogen and oxygen atoms in total. The van der Waals surface area contributed by atoms with Crippen LogP contribution in [0, 0.1) is 6.92 Å². The van der Waals surface area contributed by atoms with Gasteiger partial charge in [0.1, 0.15) is 5.75 Å². The number of phenolic OH excluding ortho intramolecular Hbond substituents is 1. The average molecular weight is 374 g/mol. The molecule has 0 aromatic heterocycles. The van der Waals surface area contributed by atoms with Crippen LogP contribution in [0.25, 0.3) is 0 Å². The molecule has 2 aromatic rings. The average Bonchev–Trinajstić information content (AvgIpc) is 2.39. The van der Waals surface area contributed by atoms with Crippen molar-refractivity contribution in [2.75, 3.05) is 5.32 Å². The van der Waals surface area contributed by atoms with Crippen LogP contribution in [-0.2, 0) is 6.18 Å². The molecule has 0 bridgehead atoms. The van der Waals surface area contributed by atoms with E-state index in [2.05, 4.69) is 21.2 Å². The topological polar surface area (TPSA) is 49.3 Å². The van der Waals surface area contributed by atoms with Crippen LogP contribution in [0.5, 0.6) is 5.75 Å². The van der Waals surface area contributed by atoms with Crippen molar-refractivity contribution in [1.29, 1.82) is 0 Å². The quantitative estimate of drug-likeness (QED) is 0.798. The standard InChI is InChI=1S/C15H11BrF3NO2/c1-8-2-4-10(13(21)6-8)14(22)20-12-5-3-9(7-11(12)16)15(17,18)19/h2-7,21H,1H3,(H,20,22). The van der Waals surface area contributed by atoms with Crippen LogP contribution in [0.4, 0.5) is 18.9 Å². The van der Waals surface area contributed by atoms with E-state index in [0.717, 1.165) is 23.8 Å². The molecule has 0 saturated heterocycles. The van der Waals surface area contributed by atoms with Crippen molar-refractivity contribution in [1.82, 2.24) is 0 Å². The molecule has 7 heteroatoms. The fourth-order valence-corrected chi connectivity index (χ4v) is 2.29. The Bertz CT molecular complexity index is 729. The van der Waals surface area contributed by atoms with Crippen LogP contribution in [0.15, 0.2) is 40.9 Å². The molecule has 0 radical (unpaired) electrons. The minimum absolute atomic E-state index is 0.0393. The molecular formula is C15H11BrF3NO2. The highest BCUT2D eigenvalue weighted by Gasteiger charge is 2.31. The number of rotatable bonds is 2. The predicted molar refractivity (Wildman–Crippen MR) is 79.9 cm³/mol. The summed E-state index contributed by atoms with van der Waals surface area (Å²) in [7, 11) is 0. The maximum absolute atomic E-state index is 12.6. The minimum atomic E-state index is -4.46. The van der Waals surface area contributed by atoms with Gasteiger partial charge in [0.2, 0.25) is 0 Å². The Morgan fingerprint density at radius 1 is 1.18 bits per heavy atom. The third kappa shape index (κ3) is 3.59. The van der Waals surface area contributed by atoms with Gasteiger partial charge in [0.15, 0.2) is 0 Å². The van der Waals surface area contributed by atoms with Gasteiger partial charge >= 0.3 is 6.18 Å². The van der Waals surface area contributed by atoms with Crippen LogP contribution < -0.4 is 5.32 Å². The summed E-state index contributed by atoms with van der Waals surface area (Å²) in [6, 6.07) is 7.42. The Hall–Kier alpha value is -2.02. The molecule has 0 aliphatic rings. The number of anilines is 1. The highest BCUT2D eigenvalue weighted by molar-refractivity contribution is 9.10. The first-order chi connectivity index (χ1) is 10.2. The Kier molecular flexibility index (Phi) is 4.46. The van der Waals surface area contributed by atoms with E-state index in [1.807, 2.05) is 0 Å². The summed E-state index contributed by atoms with van der Waals surface area (Å²) in [4.78, 5) is 12.1. The van der Waals surface area contributed by atoms with Crippen molar-refractivity contribution in [3.8, 4) is 5.75 Å². The lowest BCUT2D eigenvalue weighted by Gasteiger charge is -2.12. The Labute approximate surface area is 132 Å². The van der Waals surface area contributed by atoms with E-state index >= 15 is 0 Å². The van der Waals surface area contributed by atoms with Crippen molar-refractivity contribution < 1.29 is 23.1 Å². The molecule has 2 rings (SSSR count). The molecule has 116 valence electrons. The third-order valence-corrected chi connectivity index (χ3v) is 3.60. The number of carbonyl (C=O) groups excluding carboxylic acids is 1. The van der Waals surface area contributed by atoms with E-state index in [0.29, 0.717) is 0 Å². The lowest BCUT2D eigenvalue weighted by Crippen LogP contribution is -2.13. The molecule has 0 fully saturated rings. The number of alkyl halides is 3. The molecule has 22 heavy (non-hydrogen) atoms. The fourth-order valence-electron chi connectivity index (χ4n) is 1.82. The Morgan fingerprint density at radius 3 is 2.41 bits per heavy atom. The van der Waals surface area contributed by atoms with Crippen LogP contribution in [0.3, 0.4) is 0 Å². The van der Waals surface area contributed by atoms with Gasteiger partial charge in [-0.15, -0.1) is 0 Å². The number of aryl methyl sites for hydroxylation is 1. The Balaban J connectivity index is 2.25.